The number of hydrogen-bond acceptors (Lipinski definition) is 8. The number of ether oxygens (including phenoxy) is 2. The number of benzene rings is 2. The molecule has 494 valence electrons. The fourth-order valence-corrected chi connectivity index (χ4v) is 13.0. The van der Waals surface area contributed by atoms with Crippen LogP contribution in [0.25, 0.3) is 0 Å². The lowest BCUT2D eigenvalue weighted by Crippen LogP contribution is -2.93. The largest absolute Gasteiger partial charge is 0.490 e. The Labute approximate surface area is 756 Å². The lowest BCUT2D eigenvalue weighted by atomic mass is 8.27. The first-order valence-electron chi connectivity index (χ1n) is 36.7. The summed E-state index contributed by atoms with van der Waals surface area (Å²) in [6.07, 6.45) is -16.0. The summed E-state index contributed by atoms with van der Waals surface area (Å²) in [5.74, 6) is 1.74. The number of nitrogens with two attached hydrogens (primary N) is 1. The number of hydrogen-bond donors (Lipinski definition) is 1. The zero-order valence-corrected chi connectivity index (χ0v) is 67.3. The van der Waals surface area contributed by atoms with Crippen molar-refractivity contribution in [2.45, 2.75) is 12.1 Å². The fraction of sp³-hybridized carbons (Fsp3) is 0.129. The summed E-state index contributed by atoms with van der Waals surface area (Å²) in [4.78, 5) is 13.1. The van der Waals surface area contributed by atoms with Crippen molar-refractivity contribution in [2.24, 2.45) is 19.8 Å². The number of anilines is 2. The highest BCUT2D eigenvalue weighted by molar-refractivity contribution is 8.33. The van der Waals surface area contributed by atoms with Crippen molar-refractivity contribution in [2.75, 3.05) is 42.6 Å². The molecule has 44 radical (unpaired) electrons. The molecular weight excluding hydrogens is 1440 g/mol. The van der Waals surface area contributed by atoms with Crippen LogP contribution in [0.3, 0.4) is 0 Å². The molecule has 0 bridgehead atoms. The van der Waals surface area contributed by atoms with Crippen LogP contribution in [0.5, 0.6) is 11.5 Å². The van der Waals surface area contributed by atoms with Gasteiger partial charge in [0.05, 0.1) is 60.6 Å². The molecule has 0 saturated carbocycles. The minimum Gasteiger partial charge on any atom is -0.490 e. The third kappa shape index (κ3) is 37.7. The maximum Gasteiger partial charge on any atom is 0.161 e. The molecule has 6 rings (SSSR count). The summed E-state index contributed by atoms with van der Waals surface area (Å²) in [6, 6.07) is 17.9. The maximum atomic E-state index is 9.48. The quantitative estimate of drug-likeness (QED) is 0.0547. The van der Waals surface area contributed by atoms with Crippen molar-refractivity contribution in [1.82, 2.24) is 19.1 Å². The van der Waals surface area contributed by atoms with E-state index in [2.05, 4.69) is 269 Å². The number of rotatable bonds is 24. The number of imidazole rings is 2. The van der Waals surface area contributed by atoms with Crippen molar-refractivity contribution in [3.63, 3.8) is 0 Å². The smallest absolute Gasteiger partial charge is 0.161 e. The summed E-state index contributed by atoms with van der Waals surface area (Å²) in [6.45, 7) is 9.94. The van der Waals surface area contributed by atoms with Crippen molar-refractivity contribution in [3.8, 4) is 17.6 Å². The molecule has 4 heterocycles. The van der Waals surface area contributed by atoms with Gasteiger partial charge in [-0.1, -0.05) is 35.7 Å². The predicted octanol–water partition coefficient (Wildman–Crippen LogP) is -5.78. The molecule has 0 amide bonds. The summed E-state index contributed by atoms with van der Waals surface area (Å²) in [7, 11) is 142. The molecule has 4 aromatic rings. The number of para-hydroxylation sites is 4. The second kappa shape index (κ2) is 60.6. The van der Waals surface area contributed by atoms with E-state index in [4.69, 9.17) is 185 Å². The maximum absolute atomic E-state index is 9.48. The first-order valence-corrected chi connectivity index (χ1v) is 36.7. The molecule has 2 aliphatic heterocycles. The van der Waals surface area contributed by atoms with Gasteiger partial charge in [0.15, 0.2) is 6.04 Å². The number of aromatic nitrogens is 4. The molecule has 0 aliphatic carbocycles. The second-order valence-electron chi connectivity index (χ2n) is 25.9. The summed E-state index contributed by atoms with van der Waals surface area (Å²) >= 11 is 0. The van der Waals surface area contributed by atoms with Crippen molar-refractivity contribution in [3.05, 3.63) is 327 Å². The van der Waals surface area contributed by atoms with Crippen LogP contribution in [-0.2, 0) is 14.1 Å². The normalized spacial score (nSPS) is 9.49. The van der Waals surface area contributed by atoms with Crippen LogP contribution in [0.1, 0.15) is 23.5 Å². The Morgan fingerprint density at radius 3 is 0.787 bits per heavy atom. The van der Waals surface area contributed by atoms with Crippen LogP contribution in [0.2, 0.25) is 0 Å². The third-order valence-corrected chi connectivity index (χ3v) is 17.6. The second-order valence-corrected chi connectivity index (χ2v) is 25.9. The van der Waals surface area contributed by atoms with E-state index >= 15 is 0 Å². The van der Waals surface area contributed by atoms with Gasteiger partial charge in [-0.05, 0) is 129 Å². The lowest BCUT2D eigenvalue weighted by molar-refractivity contribution is 0.300. The number of aryl methyl sites for hydroxylation is 2. The molecule has 2 aromatic heterocycles. The average molecular weight is 1480 g/mol. The summed E-state index contributed by atoms with van der Waals surface area (Å²) in [5.41, 5.74) is 109. The third-order valence-electron chi connectivity index (χ3n) is 17.6. The lowest BCUT2D eigenvalue weighted by Gasteiger charge is -2.55. The molecular formula is C70H36B42N8O2. The number of fused-ring (bicyclic) bond motifs is 2. The van der Waals surface area contributed by atoms with E-state index in [9.17, 15) is 5.26 Å². The van der Waals surface area contributed by atoms with E-state index in [0.717, 1.165) is 40.8 Å². The van der Waals surface area contributed by atoms with E-state index in [0.29, 0.717) is 26.3 Å². The van der Waals surface area contributed by atoms with Gasteiger partial charge in [0.1, 0.15) is 24.7 Å². The van der Waals surface area contributed by atoms with Gasteiger partial charge < -0.3 is 34.1 Å². The van der Waals surface area contributed by atoms with Crippen LogP contribution < -0.4 is 25.0 Å². The molecule has 2 unspecified atom stereocenters. The molecule has 52 heteroatoms. The topological polar surface area (TPSA) is 110 Å². The molecule has 10 nitrogen and oxygen atoms in total. The van der Waals surface area contributed by atoms with Crippen LogP contribution in [0.15, 0.2) is 316 Å². The Morgan fingerprint density at radius 2 is 0.557 bits per heavy atom. The van der Waals surface area contributed by atoms with E-state index < -0.39 is 128 Å². The Morgan fingerprint density at radius 1 is 0.336 bits per heavy atom. The minimum atomic E-state index is -1.30. The first-order chi connectivity index (χ1) is 58.5. The highest BCUT2D eigenvalue weighted by Gasteiger charge is 2.58. The van der Waals surface area contributed by atoms with E-state index in [1.807, 2.05) is 89.3 Å². The molecule has 0 fully saturated rings. The SMILES string of the molecule is C=C=C=C=C=C=C=C=C=C=C=C=C=C=C=C=C=C=C=C=C=C=C=C=C=C=C=C=C=C=C=C=C=C=C=C=C=C=C=C=C=C.Cn1cnc(C(C#N)N2CCOc3ccccc32)c1.Cn1cnc(C(CN)N2CCOc3ccccc32)c1.[B]B([B])B(B([B])[B])B(B([B])[B])B(B(B(B([B])[B])B([B])[B])B(B([B])[B])B([B])[B])B(B(B([B])[B])B([B])[B])B(B([B])[B])B([B])[B]. The molecule has 2 N–H and O–H groups in total. The Hall–Kier alpha value is -10.8. The van der Waals surface area contributed by atoms with Crippen molar-refractivity contribution < 1.29 is 9.47 Å². The fourth-order valence-electron chi connectivity index (χ4n) is 13.0. The monoisotopic (exact) mass is 1480 g/mol. The first kappa shape index (κ1) is 105. The van der Waals surface area contributed by atoms with Crippen LogP contribution >= 0.6 is 0 Å². The number of nitrogens with zero attached hydrogens (tertiary/aromatic N) is 7. The van der Waals surface area contributed by atoms with Gasteiger partial charge in [0.2, 0.25) is 0 Å². The molecule has 0 saturated heterocycles. The minimum absolute atomic E-state index is 0.0891. The van der Waals surface area contributed by atoms with Crippen LogP contribution in [0, 0.1) is 11.3 Å². The molecule has 2 atom stereocenters. The van der Waals surface area contributed by atoms with Gasteiger partial charge in [-0.15, -0.1) is 0 Å². The van der Waals surface area contributed by atoms with Gasteiger partial charge in [-0.2, -0.15) is 5.26 Å². The highest BCUT2D eigenvalue weighted by Crippen LogP contribution is 2.37. The Kier molecular flexibility index (Phi) is 52.4. The Bertz CT molecular complexity index is 5700. The average Bonchev–Trinajstić information content (AvgIpc) is 0.798. The Balaban J connectivity index is 0.000000444. The van der Waals surface area contributed by atoms with Gasteiger partial charge in [-0.25, -0.2) is 9.97 Å². The predicted molar refractivity (Wildman–Crippen MR) is 539 cm³/mol. The van der Waals surface area contributed by atoms with Gasteiger partial charge in [0, 0.05) is 457 Å². The molecule has 0 spiro atoms. The van der Waals surface area contributed by atoms with Crippen molar-refractivity contribution in [1.29, 1.82) is 5.26 Å². The zero-order valence-electron chi connectivity index (χ0n) is 67.3. The van der Waals surface area contributed by atoms with Crippen LogP contribution in [0.4, 0.5) is 11.4 Å². The summed E-state index contributed by atoms with van der Waals surface area (Å²) in [5, 5.41) is 9.48. The summed E-state index contributed by atoms with van der Waals surface area (Å²) < 4.78 is 15.1. The highest BCUT2D eigenvalue weighted by atomic mass is 16.5. The molecule has 122 heavy (non-hydrogen) atoms. The van der Waals surface area contributed by atoms with Gasteiger partial charge in [0.25, 0.3) is 0 Å². The van der Waals surface area contributed by atoms with Gasteiger partial charge >= 0.3 is 0 Å². The van der Waals surface area contributed by atoms with E-state index in [1.165, 1.54) is 0 Å². The van der Waals surface area contributed by atoms with Crippen LogP contribution in [-0.4, -0.2) is 350 Å². The van der Waals surface area contributed by atoms with E-state index in [-0.39, 0.29) is 12.1 Å². The zero-order chi connectivity index (χ0) is 90.3. The van der Waals surface area contributed by atoms with Crippen molar-refractivity contribution >= 4 is 309 Å². The molecule has 2 aliphatic rings. The van der Waals surface area contributed by atoms with E-state index in [1.54, 1.807) is 6.33 Å². The standard InChI is InChI=1S/C42H4.C14H18N4O.C14H14N4O.B42/c1-3-5-7-9-11-13-15-17-19-21-23-25-27-29-31-33-35-37-39-41-42-40-38-36-34-32-30-28-26-24-22-20-18-16-14-12-10-8-6-4-2;2*1-17-9-11(16-10-17)13(8-15)18-6-7-19-14-5-3-2-4-12(14)18;1-23(2)34(24(3)4)39(33(21)22)42(40(35(25(5)6)26(7)8)36(27(9)10)28(11)12)41(37(29(13)14)30(15)16)38(31(17)18)32(19)20/h1-2H2;2-5,9-10,13H,6-8,15H2,1H3;2-5,9-10,13H,6-7H2,1H3;. The molecule has 2 aromatic carbocycles. The number of nitriles is 1. The van der Waals surface area contributed by atoms with Gasteiger partial charge in [-0.3, -0.25) is 0 Å².